The number of para-hydroxylation sites is 1. The molecule has 0 bridgehead atoms. The van der Waals surface area contributed by atoms with E-state index in [1.165, 1.54) is 12.1 Å². The van der Waals surface area contributed by atoms with Gasteiger partial charge in [-0.3, -0.25) is 4.55 Å². The molecule has 0 saturated heterocycles. The number of phenols is 1. The van der Waals surface area contributed by atoms with Crippen LogP contribution in [0.25, 0.3) is 5.57 Å². The van der Waals surface area contributed by atoms with E-state index in [1.807, 2.05) is 13.8 Å². The maximum Gasteiger partial charge on any atom is 0.275 e. The minimum absolute atomic E-state index is 0.00107. The third-order valence-corrected chi connectivity index (χ3v) is 4.79. The van der Waals surface area contributed by atoms with E-state index in [0.717, 1.165) is 6.42 Å². The van der Waals surface area contributed by atoms with Gasteiger partial charge in [-0.1, -0.05) is 50.3 Å². The molecule has 2 atom stereocenters. The largest absolute Gasteiger partial charge is 0.507 e. The van der Waals surface area contributed by atoms with Crippen molar-refractivity contribution < 1.29 is 18.1 Å². The molecule has 0 heterocycles. The number of benzene rings is 1. The van der Waals surface area contributed by atoms with E-state index in [2.05, 4.69) is 0 Å². The van der Waals surface area contributed by atoms with Gasteiger partial charge in [0.15, 0.2) is 0 Å². The van der Waals surface area contributed by atoms with Crippen LogP contribution in [0.2, 0.25) is 0 Å². The van der Waals surface area contributed by atoms with Crippen LogP contribution in [0.15, 0.2) is 42.5 Å². The summed E-state index contributed by atoms with van der Waals surface area (Å²) in [5, 5.41) is 8.80. The van der Waals surface area contributed by atoms with E-state index < -0.39 is 15.4 Å². The second-order valence-electron chi connectivity index (χ2n) is 5.27. The molecule has 20 heavy (non-hydrogen) atoms. The molecule has 108 valence electrons. The number of aromatic hydroxyl groups is 1. The summed E-state index contributed by atoms with van der Waals surface area (Å²) in [7, 11) is -4.26. The summed E-state index contributed by atoms with van der Waals surface area (Å²) in [5.74, 6) is 0.00107. The quantitative estimate of drug-likeness (QED) is 0.664. The van der Waals surface area contributed by atoms with Crippen molar-refractivity contribution in [2.45, 2.75) is 25.5 Å². The van der Waals surface area contributed by atoms with Gasteiger partial charge in [0.1, 0.15) is 11.0 Å². The predicted octanol–water partition coefficient (Wildman–Crippen LogP) is 3.02. The van der Waals surface area contributed by atoms with Crippen LogP contribution in [0.1, 0.15) is 25.8 Å². The van der Waals surface area contributed by atoms with E-state index in [-0.39, 0.29) is 11.2 Å². The molecule has 0 amide bonds. The van der Waals surface area contributed by atoms with Crippen molar-refractivity contribution in [2.75, 3.05) is 0 Å². The Balaban J connectivity index is 2.62. The normalized spacial score (nSPS) is 26.4. The molecule has 2 N–H and O–H groups in total. The fourth-order valence-electron chi connectivity index (χ4n) is 2.32. The Hall–Kier alpha value is -1.59. The van der Waals surface area contributed by atoms with Crippen LogP contribution < -0.4 is 0 Å². The minimum atomic E-state index is -4.26. The molecule has 5 heteroatoms. The summed E-state index contributed by atoms with van der Waals surface area (Å²) in [4.78, 5) is 0. The first-order valence-corrected chi connectivity index (χ1v) is 7.94. The standard InChI is InChI=1S/C15H18O4S/c1-3-15(2)9-8-14(20(17,18)19)12(10-15)11-6-4-5-7-13(11)16/h4-10,14,16H,3H2,1-2H3,(H,17,18,19). The predicted molar refractivity (Wildman–Crippen MR) is 79.0 cm³/mol. The molecule has 0 spiro atoms. The molecule has 0 radical (unpaired) electrons. The van der Waals surface area contributed by atoms with Crippen LogP contribution in [-0.4, -0.2) is 23.3 Å². The molecular formula is C15H18O4S. The summed E-state index contributed by atoms with van der Waals surface area (Å²) in [6, 6.07) is 6.53. The van der Waals surface area contributed by atoms with Crippen LogP contribution >= 0.6 is 0 Å². The van der Waals surface area contributed by atoms with E-state index in [9.17, 15) is 18.1 Å². The van der Waals surface area contributed by atoms with Crippen molar-refractivity contribution in [1.29, 1.82) is 0 Å². The van der Waals surface area contributed by atoms with Gasteiger partial charge in [-0.25, -0.2) is 0 Å². The highest BCUT2D eigenvalue weighted by atomic mass is 32.2. The van der Waals surface area contributed by atoms with Crippen molar-refractivity contribution in [3.8, 4) is 5.75 Å². The highest BCUT2D eigenvalue weighted by Crippen LogP contribution is 2.40. The summed E-state index contributed by atoms with van der Waals surface area (Å²) in [6.07, 6.45) is 5.87. The third-order valence-electron chi connectivity index (χ3n) is 3.74. The average molecular weight is 294 g/mol. The Morgan fingerprint density at radius 3 is 2.50 bits per heavy atom. The van der Waals surface area contributed by atoms with Gasteiger partial charge in [0.05, 0.1) is 0 Å². The van der Waals surface area contributed by atoms with Crippen molar-refractivity contribution >= 4 is 15.7 Å². The van der Waals surface area contributed by atoms with Gasteiger partial charge in [-0.05, 0) is 18.1 Å². The van der Waals surface area contributed by atoms with E-state index >= 15 is 0 Å². The summed E-state index contributed by atoms with van der Waals surface area (Å²) < 4.78 is 32.5. The second kappa shape index (κ2) is 5.07. The number of allylic oxidation sites excluding steroid dienone is 2. The Bertz CT molecular complexity index is 673. The van der Waals surface area contributed by atoms with Gasteiger partial charge in [-0.2, -0.15) is 8.42 Å². The van der Waals surface area contributed by atoms with Gasteiger partial charge >= 0.3 is 0 Å². The zero-order valence-corrected chi connectivity index (χ0v) is 12.3. The van der Waals surface area contributed by atoms with Crippen LogP contribution in [-0.2, 0) is 10.1 Å². The van der Waals surface area contributed by atoms with Crippen molar-refractivity contribution in [3.63, 3.8) is 0 Å². The first-order valence-electron chi connectivity index (χ1n) is 6.43. The van der Waals surface area contributed by atoms with Gasteiger partial charge in [0.25, 0.3) is 10.1 Å². The first kappa shape index (κ1) is 14.8. The molecule has 0 aliphatic heterocycles. The Kier molecular flexibility index (Phi) is 3.75. The topological polar surface area (TPSA) is 74.6 Å². The van der Waals surface area contributed by atoms with Crippen molar-refractivity contribution in [1.82, 2.24) is 0 Å². The monoisotopic (exact) mass is 294 g/mol. The minimum Gasteiger partial charge on any atom is -0.507 e. The molecule has 2 unspecified atom stereocenters. The maximum absolute atomic E-state index is 11.6. The molecule has 1 aliphatic carbocycles. The van der Waals surface area contributed by atoms with Gasteiger partial charge in [-0.15, -0.1) is 0 Å². The van der Waals surface area contributed by atoms with E-state index in [1.54, 1.807) is 30.4 Å². The van der Waals surface area contributed by atoms with Crippen LogP contribution in [0, 0.1) is 5.41 Å². The van der Waals surface area contributed by atoms with E-state index in [4.69, 9.17) is 0 Å². The third kappa shape index (κ3) is 2.78. The van der Waals surface area contributed by atoms with E-state index in [0.29, 0.717) is 11.1 Å². The molecule has 0 saturated carbocycles. The molecule has 0 aromatic heterocycles. The Morgan fingerprint density at radius 1 is 1.30 bits per heavy atom. The molecule has 1 aliphatic rings. The van der Waals surface area contributed by atoms with Gasteiger partial charge < -0.3 is 5.11 Å². The van der Waals surface area contributed by atoms with Crippen molar-refractivity contribution in [2.24, 2.45) is 5.41 Å². The first-order chi connectivity index (χ1) is 9.27. The van der Waals surface area contributed by atoms with Gasteiger partial charge in [0.2, 0.25) is 0 Å². The molecule has 0 fully saturated rings. The number of rotatable bonds is 3. The lowest BCUT2D eigenvalue weighted by molar-refractivity contribution is 0.470. The Labute approximate surface area is 119 Å². The number of hydrogen-bond donors (Lipinski definition) is 2. The van der Waals surface area contributed by atoms with Crippen LogP contribution in [0.4, 0.5) is 0 Å². The number of phenolic OH excluding ortho intramolecular Hbond substituents is 1. The lowest BCUT2D eigenvalue weighted by Crippen LogP contribution is -2.26. The highest BCUT2D eigenvalue weighted by Gasteiger charge is 2.33. The molecule has 2 rings (SSSR count). The molecule has 4 nitrogen and oxygen atoms in total. The second-order valence-corrected chi connectivity index (χ2v) is 6.81. The lowest BCUT2D eigenvalue weighted by Gasteiger charge is -2.29. The number of hydrogen-bond acceptors (Lipinski definition) is 3. The zero-order chi connectivity index (χ0) is 15.0. The Morgan fingerprint density at radius 2 is 1.95 bits per heavy atom. The van der Waals surface area contributed by atoms with Gasteiger partial charge in [0, 0.05) is 11.0 Å². The maximum atomic E-state index is 11.6. The SMILES string of the molecule is CCC1(C)C=CC(S(=O)(=O)O)C(c2ccccc2O)=C1. The summed E-state index contributed by atoms with van der Waals surface area (Å²) in [6.45, 7) is 3.97. The zero-order valence-electron chi connectivity index (χ0n) is 11.4. The van der Waals surface area contributed by atoms with Crippen LogP contribution in [0.5, 0.6) is 5.75 Å². The molecule has 1 aromatic carbocycles. The van der Waals surface area contributed by atoms with Crippen LogP contribution in [0.3, 0.4) is 0 Å². The van der Waals surface area contributed by atoms with Crippen molar-refractivity contribution in [3.05, 3.63) is 48.1 Å². The fraction of sp³-hybridized carbons (Fsp3) is 0.333. The average Bonchev–Trinajstić information content (AvgIpc) is 2.38. The highest BCUT2D eigenvalue weighted by molar-refractivity contribution is 7.87. The fourth-order valence-corrected chi connectivity index (χ4v) is 3.12. The molecular weight excluding hydrogens is 276 g/mol. The lowest BCUT2D eigenvalue weighted by atomic mass is 9.79. The smallest absolute Gasteiger partial charge is 0.275 e. The summed E-state index contributed by atoms with van der Waals surface area (Å²) >= 11 is 0. The molecule has 1 aromatic rings. The summed E-state index contributed by atoms with van der Waals surface area (Å²) in [5.41, 5.74) is 0.551.